The molecule has 5 nitrogen and oxygen atoms in total. The molecule has 0 amide bonds. The van der Waals surface area contributed by atoms with E-state index in [1.807, 2.05) is 0 Å². The van der Waals surface area contributed by atoms with Crippen LogP contribution >= 0.6 is 0 Å². The van der Waals surface area contributed by atoms with Crippen LogP contribution in [0.5, 0.6) is 0 Å². The molecule has 2 rings (SSSR count). The molecule has 0 fully saturated rings. The molecule has 0 aromatic carbocycles. The summed E-state index contributed by atoms with van der Waals surface area (Å²) >= 11 is 0. The van der Waals surface area contributed by atoms with Crippen molar-refractivity contribution in [2.45, 2.75) is 6.61 Å². The molecule has 0 saturated carbocycles. The van der Waals surface area contributed by atoms with E-state index in [2.05, 4.69) is 15.2 Å². The van der Waals surface area contributed by atoms with Gasteiger partial charge < -0.3 is 4.74 Å². The number of aromatic amines is 1. The summed E-state index contributed by atoms with van der Waals surface area (Å²) in [4.78, 5) is 15.0. The van der Waals surface area contributed by atoms with Crippen LogP contribution in [-0.4, -0.2) is 21.2 Å². The van der Waals surface area contributed by atoms with Gasteiger partial charge in [-0.2, -0.15) is 5.10 Å². The summed E-state index contributed by atoms with van der Waals surface area (Å²) in [6.45, 7) is -0.0252. The van der Waals surface area contributed by atoms with Crippen LogP contribution in [0.4, 0.5) is 4.39 Å². The second-order valence-corrected chi connectivity index (χ2v) is 3.06. The molecule has 0 saturated heterocycles. The molecule has 2 heterocycles. The van der Waals surface area contributed by atoms with Crippen LogP contribution in [0.15, 0.2) is 30.7 Å². The molecule has 0 spiro atoms. The van der Waals surface area contributed by atoms with Gasteiger partial charge in [0.25, 0.3) is 0 Å². The van der Waals surface area contributed by atoms with E-state index in [-0.39, 0.29) is 12.3 Å². The Morgan fingerprint density at radius 3 is 3.06 bits per heavy atom. The number of esters is 1. The van der Waals surface area contributed by atoms with Crippen molar-refractivity contribution in [1.29, 1.82) is 0 Å². The molecule has 0 aliphatic carbocycles. The minimum Gasteiger partial charge on any atom is -0.456 e. The molecular weight excluding hydrogens is 213 g/mol. The zero-order valence-corrected chi connectivity index (χ0v) is 8.18. The number of carbonyl (C=O) groups excluding carboxylic acids is 1. The number of carbonyl (C=O) groups is 1. The second kappa shape index (κ2) is 4.52. The lowest BCUT2D eigenvalue weighted by molar-refractivity contribution is 0.0465. The zero-order chi connectivity index (χ0) is 11.4. The third kappa shape index (κ3) is 2.41. The van der Waals surface area contributed by atoms with Crippen LogP contribution in [0.1, 0.15) is 16.1 Å². The van der Waals surface area contributed by atoms with Crippen LogP contribution in [-0.2, 0) is 11.3 Å². The first-order valence-corrected chi connectivity index (χ1v) is 4.51. The standard InChI is InChI=1S/C10H8FN3O2/c11-8-3-7(4-12-5-8)6-16-10(15)9-1-2-13-14-9/h1-5H,6H2,(H,13,14). The van der Waals surface area contributed by atoms with E-state index in [4.69, 9.17) is 4.74 Å². The minimum absolute atomic E-state index is 0.0252. The molecule has 2 aromatic rings. The summed E-state index contributed by atoms with van der Waals surface area (Å²) in [5.74, 6) is -1.00. The van der Waals surface area contributed by atoms with Crippen LogP contribution < -0.4 is 0 Å². The molecule has 2 aromatic heterocycles. The maximum atomic E-state index is 12.7. The first-order chi connectivity index (χ1) is 7.75. The summed E-state index contributed by atoms with van der Waals surface area (Å²) in [5.41, 5.74) is 0.747. The van der Waals surface area contributed by atoms with Crippen molar-refractivity contribution in [3.8, 4) is 0 Å². The van der Waals surface area contributed by atoms with E-state index in [9.17, 15) is 9.18 Å². The predicted molar refractivity (Wildman–Crippen MR) is 51.9 cm³/mol. The molecule has 1 N–H and O–H groups in total. The van der Waals surface area contributed by atoms with Gasteiger partial charge in [-0.1, -0.05) is 0 Å². The Morgan fingerprint density at radius 2 is 2.38 bits per heavy atom. The van der Waals surface area contributed by atoms with Gasteiger partial charge >= 0.3 is 5.97 Å². The van der Waals surface area contributed by atoms with Gasteiger partial charge in [0.15, 0.2) is 0 Å². The van der Waals surface area contributed by atoms with Crippen molar-refractivity contribution >= 4 is 5.97 Å². The number of nitrogens with one attached hydrogen (secondary N) is 1. The molecule has 0 radical (unpaired) electrons. The summed E-state index contributed by atoms with van der Waals surface area (Å²) in [6, 6.07) is 2.75. The molecule has 0 bridgehead atoms. The SMILES string of the molecule is O=C(OCc1cncc(F)c1)c1ccn[nH]1. The fraction of sp³-hybridized carbons (Fsp3) is 0.100. The Balaban J connectivity index is 1.95. The third-order valence-corrected chi connectivity index (χ3v) is 1.85. The summed E-state index contributed by atoms with van der Waals surface area (Å²) in [6.07, 6.45) is 3.96. The van der Waals surface area contributed by atoms with Gasteiger partial charge in [0.05, 0.1) is 6.20 Å². The van der Waals surface area contributed by atoms with Crippen molar-refractivity contribution in [3.63, 3.8) is 0 Å². The van der Waals surface area contributed by atoms with Crippen LogP contribution in [0.3, 0.4) is 0 Å². The molecule has 16 heavy (non-hydrogen) atoms. The van der Waals surface area contributed by atoms with Crippen LogP contribution in [0, 0.1) is 5.82 Å². The van der Waals surface area contributed by atoms with E-state index in [1.54, 1.807) is 0 Å². The average molecular weight is 221 g/mol. The minimum atomic E-state index is -0.540. The highest BCUT2D eigenvalue weighted by atomic mass is 19.1. The van der Waals surface area contributed by atoms with Crippen molar-refractivity contribution in [2.75, 3.05) is 0 Å². The maximum absolute atomic E-state index is 12.7. The number of aromatic nitrogens is 3. The summed E-state index contributed by atoms with van der Waals surface area (Å²) < 4.78 is 17.7. The van der Waals surface area contributed by atoms with E-state index >= 15 is 0 Å². The van der Waals surface area contributed by atoms with Crippen LogP contribution in [0.25, 0.3) is 0 Å². The van der Waals surface area contributed by atoms with E-state index in [1.165, 1.54) is 24.5 Å². The molecule has 82 valence electrons. The fourth-order valence-corrected chi connectivity index (χ4v) is 1.13. The summed E-state index contributed by atoms with van der Waals surface area (Å²) in [7, 11) is 0. The number of H-pyrrole nitrogens is 1. The number of ether oxygens (including phenoxy) is 1. The van der Waals surface area contributed by atoms with E-state index in [0.717, 1.165) is 6.20 Å². The zero-order valence-electron chi connectivity index (χ0n) is 8.18. The van der Waals surface area contributed by atoms with Gasteiger partial charge in [0.1, 0.15) is 18.1 Å². The number of hydrogen-bond donors (Lipinski definition) is 1. The molecule has 0 unspecified atom stereocenters. The monoisotopic (exact) mass is 221 g/mol. The molecule has 6 heteroatoms. The second-order valence-electron chi connectivity index (χ2n) is 3.06. The normalized spacial score (nSPS) is 10.1. The van der Waals surface area contributed by atoms with Crippen LogP contribution in [0.2, 0.25) is 0 Å². The van der Waals surface area contributed by atoms with E-state index < -0.39 is 11.8 Å². The smallest absolute Gasteiger partial charge is 0.356 e. The Labute approximate surface area is 90.3 Å². The Hall–Kier alpha value is -2.24. The van der Waals surface area contributed by atoms with Crippen molar-refractivity contribution in [1.82, 2.24) is 15.2 Å². The molecule has 0 aliphatic heterocycles. The van der Waals surface area contributed by atoms with Gasteiger partial charge in [-0.05, 0) is 12.1 Å². The van der Waals surface area contributed by atoms with Crippen molar-refractivity contribution in [3.05, 3.63) is 47.8 Å². The van der Waals surface area contributed by atoms with Gasteiger partial charge in [0.2, 0.25) is 0 Å². The lowest BCUT2D eigenvalue weighted by Gasteiger charge is -2.02. The molecule has 0 atom stereocenters. The largest absolute Gasteiger partial charge is 0.456 e. The fourth-order valence-electron chi connectivity index (χ4n) is 1.13. The van der Waals surface area contributed by atoms with Gasteiger partial charge in [-0.3, -0.25) is 10.1 Å². The van der Waals surface area contributed by atoms with Gasteiger partial charge in [-0.25, -0.2) is 9.18 Å². The number of halogens is 1. The molecule has 0 aliphatic rings. The highest BCUT2D eigenvalue weighted by molar-refractivity contribution is 5.86. The number of hydrogen-bond acceptors (Lipinski definition) is 4. The lowest BCUT2D eigenvalue weighted by atomic mass is 10.3. The highest BCUT2D eigenvalue weighted by Gasteiger charge is 2.08. The quantitative estimate of drug-likeness (QED) is 0.793. The maximum Gasteiger partial charge on any atom is 0.356 e. The molecular formula is C10H8FN3O2. The Bertz CT molecular complexity index is 485. The number of pyridine rings is 1. The predicted octanol–water partition coefficient (Wildman–Crippen LogP) is 1.30. The third-order valence-electron chi connectivity index (χ3n) is 1.85. The van der Waals surface area contributed by atoms with Crippen molar-refractivity contribution in [2.24, 2.45) is 0 Å². The van der Waals surface area contributed by atoms with Gasteiger partial charge in [0, 0.05) is 18.0 Å². The first kappa shape index (κ1) is 10.3. The topological polar surface area (TPSA) is 67.9 Å². The van der Waals surface area contributed by atoms with Crippen molar-refractivity contribution < 1.29 is 13.9 Å². The average Bonchev–Trinajstić information content (AvgIpc) is 2.79. The van der Waals surface area contributed by atoms with E-state index in [0.29, 0.717) is 5.56 Å². The Morgan fingerprint density at radius 1 is 1.50 bits per heavy atom. The highest BCUT2D eigenvalue weighted by Crippen LogP contribution is 2.04. The van der Waals surface area contributed by atoms with Gasteiger partial charge in [-0.15, -0.1) is 0 Å². The Kier molecular flexibility index (Phi) is 2.90. The summed E-state index contributed by atoms with van der Waals surface area (Å²) in [5, 5.41) is 6.08. The number of nitrogens with zero attached hydrogens (tertiary/aromatic N) is 2. The first-order valence-electron chi connectivity index (χ1n) is 4.51. The lowest BCUT2D eigenvalue weighted by Crippen LogP contribution is -2.06. The number of rotatable bonds is 3.